The second-order valence-electron chi connectivity index (χ2n) is 37.6. The van der Waals surface area contributed by atoms with E-state index in [9.17, 15) is 0 Å². The van der Waals surface area contributed by atoms with Gasteiger partial charge in [0.2, 0.25) is 0 Å². The predicted octanol–water partition coefficient (Wildman–Crippen LogP) is 41.2. The zero-order valence-corrected chi connectivity index (χ0v) is 82.2. The van der Waals surface area contributed by atoms with Crippen LogP contribution < -0.4 is 14.7 Å². The summed E-state index contributed by atoms with van der Waals surface area (Å²) in [6.07, 6.45) is 0. The maximum Gasteiger partial charge on any atom is 0.137 e. The minimum Gasteiger partial charge on any atom is -0.456 e. The fourth-order valence-corrected chi connectivity index (χ4v) is 21.2. The topological polar surface area (TPSA) is 49.1 Å². The van der Waals surface area contributed by atoms with Crippen LogP contribution in [0.25, 0.3) is 199 Å². The number of fused-ring (bicyclic) bond motifs is 9. The van der Waals surface area contributed by atoms with Crippen molar-refractivity contribution in [2.24, 2.45) is 0 Å². The summed E-state index contributed by atoms with van der Waals surface area (Å²) in [7, 11) is 0. The second-order valence-corrected chi connectivity index (χ2v) is 37.6. The van der Waals surface area contributed by atoms with E-state index in [0.29, 0.717) is 0 Å². The molecular formula is C144H99N3O3. The molecule has 3 heterocycles. The highest BCUT2D eigenvalue weighted by Gasteiger charge is 2.26. The van der Waals surface area contributed by atoms with Gasteiger partial charge in [-0.25, -0.2) is 0 Å². The molecule has 0 saturated heterocycles. The Morgan fingerprint density at radius 2 is 0.313 bits per heavy atom. The average Bonchev–Trinajstić information content (AvgIpc) is 1.64. The number of rotatable bonds is 21. The summed E-state index contributed by atoms with van der Waals surface area (Å²) in [4.78, 5) is 7.04. The molecule has 0 bridgehead atoms. The zero-order valence-electron chi connectivity index (χ0n) is 82.2. The third kappa shape index (κ3) is 18.6. The van der Waals surface area contributed by atoms with Crippen LogP contribution in [0.3, 0.4) is 0 Å². The van der Waals surface area contributed by atoms with Crippen LogP contribution in [0.4, 0.5) is 51.2 Å². The molecule has 27 aromatic rings. The molecule has 6 heteroatoms. The van der Waals surface area contributed by atoms with Crippen LogP contribution in [-0.2, 0) is 0 Å². The summed E-state index contributed by atoms with van der Waals surface area (Å²) in [5.41, 5.74) is 43.3. The Morgan fingerprint density at radius 3 is 0.700 bits per heavy atom. The van der Waals surface area contributed by atoms with Crippen molar-refractivity contribution in [1.29, 1.82) is 0 Å². The number of furan rings is 3. The third-order valence-electron chi connectivity index (χ3n) is 28.5. The number of benzene rings is 24. The molecule has 0 aliphatic carbocycles. The predicted molar refractivity (Wildman–Crippen MR) is 630 cm³/mol. The Kier molecular flexibility index (Phi) is 25.2. The van der Waals surface area contributed by atoms with Crippen LogP contribution >= 0.6 is 0 Å². The van der Waals surface area contributed by atoms with E-state index in [1.54, 1.807) is 0 Å². The Hall–Kier alpha value is -19.9. The Morgan fingerprint density at radius 1 is 0.100 bits per heavy atom. The van der Waals surface area contributed by atoms with E-state index in [1.807, 2.05) is 36.4 Å². The summed E-state index contributed by atoms with van der Waals surface area (Å²) in [5, 5.41) is 6.71. The monoisotopic (exact) mass is 1920 g/mol. The Bertz CT molecular complexity index is 9490. The summed E-state index contributed by atoms with van der Waals surface area (Å²) in [5.74, 6) is 0. The van der Waals surface area contributed by atoms with Crippen LogP contribution in [-0.4, -0.2) is 0 Å². The molecule has 0 unspecified atom stereocenters. The minimum absolute atomic E-state index is 0.865. The number of hydrogen-bond acceptors (Lipinski definition) is 6. The first-order chi connectivity index (χ1) is 74.4. The van der Waals surface area contributed by atoms with Gasteiger partial charge in [0, 0.05) is 101 Å². The lowest BCUT2D eigenvalue weighted by Crippen LogP contribution is -2.11. The first-order valence-electron chi connectivity index (χ1n) is 51.0. The largest absolute Gasteiger partial charge is 0.456 e. The summed E-state index contributed by atoms with van der Waals surface area (Å²) >= 11 is 0. The van der Waals surface area contributed by atoms with Crippen molar-refractivity contribution in [2.75, 3.05) is 14.7 Å². The van der Waals surface area contributed by atoms with Gasteiger partial charge in [-0.05, 0) is 250 Å². The van der Waals surface area contributed by atoms with E-state index in [0.717, 1.165) is 145 Å². The maximum atomic E-state index is 6.41. The van der Waals surface area contributed by atoms with Gasteiger partial charge in [0.05, 0.1) is 11.4 Å². The molecule has 0 radical (unpaired) electrons. The van der Waals surface area contributed by atoms with Crippen molar-refractivity contribution >= 4 is 117 Å². The molecule has 0 aliphatic heterocycles. The highest BCUT2D eigenvalue weighted by molar-refractivity contribution is 6.10. The quantitative estimate of drug-likeness (QED) is 0.0715. The molecule has 150 heavy (non-hydrogen) atoms. The van der Waals surface area contributed by atoms with Crippen molar-refractivity contribution in [3.63, 3.8) is 0 Å². The van der Waals surface area contributed by atoms with Gasteiger partial charge < -0.3 is 28.0 Å². The lowest BCUT2D eigenvalue weighted by molar-refractivity contribution is 0.668. The van der Waals surface area contributed by atoms with E-state index in [-0.39, 0.29) is 0 Å². The van der Waals surface area contributed by atoms with Crippen molar-refractivity contribution in [3.05, 3.63) is 601 Å². The van der Waals surface area contributed by atoms with Gasteiger partial charge in [-0.15, -0.1) is 0 Å². The first kappa shape index (κ1) is 91.3. The van der Waals surface area contributed by atoms with E-state index >= 15 is 0 Å². The summed E-state index contributed by atoms with van der Waals surface area (Å²) < 4.78 is 19.2. The van der Waals surface area contributed by atoms with E-state index in [1.165, 1.54) is 106 Å². The molecule has 0 N–H and O–H groups in total. The molecule has 0 fully saturated rings. The van der Waals surface area contributed by atoms with Gasteiger partial charge in [0.1, 0.15) is 33.5 Å². The van der Waals surface area contributed by atoms with Gasteiger partial charge in [0.15, 0.2) is 0 Å². The van der Waals surface area contributed by atoms with Gasteiger partial charge in [-0.3, -0.25) is 0 Å². The fraction of sp³-hybridized carbons (Fsp3) is 0. The van der Waals surface area contributed by atoms with E-state index < -0.39 is 0 Å². The SMILES string of the molecule is c1ccc(-c2ccc(-c3cccc(N(c4cccc(-c5cccc(-c6ccccc6)c5)c4)c4ccc5c(c4)oc4ccccc45)c3)cc2)cc1.c1ccc(-c2cccc(-c3ccccc3N(c3ccc(-c4ccccc4-c4ccccc4)cc3)c3ccc4c(c3)oc3ccccc34)c2)cc1.c1ccc(-c2ccccc2-c2ccc(N(c3ccc4c(c3)oc3ccccc34)c3ccccc3-c3ccccc3-c3ccccc3)cc2)cc1. The number of nitrogens with zero attached hydrogens (tertiary/aromatic N) is 3. The molecule has 0 atom stereocenters. The van der Waals surface area contributed by atoms with Crippen molar-refractivity contribution in [1.82, 2.24) is 0 Å². The maximum absolute atomic E-state index is 6.41. The third-order valence-corrected chi connectivity index (χ3v) is 28.5. The fourth-order valence-electron chi connectivity index (χ4n) is 21.2. The number of para-hydroxylation sites is 5. The average molecular weight is 1920 g/mol. The number of anilines is 9. The molecule has 6 nitrogen and oxygen atoms in total. The van der Waals surface area contributed by atoms with Crippen molar-refractivity contribution < 1.29 is 13.3 Å². The Labute approximate surface area is 872 Å². The standard InChI is InChI=1S/3C48H33NO/c1-3-12-34(13-4-1)36-24-26-37(27-25-36)40-18-10-20-42(31-40)49(44-28-29-46-45-22-7-8-23-47(45)50-48(46)33-44)43-21-11-19-41(32-43)39-17-9-16-38(30-39)35-14-5-2-6-15-35;1-3-14-34(15-4-1)37-18-13-19-38(32-37)43-22-9-11-24-46(43)49(40-30-31-45-44-23-10-12-25-47(44)50-48(45)33-40)39-28-26-36(27-29-39)42-21-8-7-20-41(42)35-16-5-2-6-17-35;1-3-15-34(16-4-1)39-19-7-8-20-40(39)36-27-29-37(30-28-36)49(38-31-32-45-44-24-12-14-26-47(44)50-48(45)33-38)46-25-13-11-23-43(46)42-22-10-9-21-41(42)35-17-5-2-6-18-35/h3*1-33H. The molecule has 24 aromatic carbocycles. The normalized spacial score (nSPS) is 11.2. The lowest BCUT2D eigenvalue weighted by atomic mass is 9.92. The van der Waals surface area contributed by atoms with Crippen molar-refractivity contribution in [3.8, 4) is 134 Å². The molecule has 0 spiro atoms. The molecule has 27 rings (SSSR count). The first-order valence-corrected chi connectivity index (χ1v) is 51.0. The smallest absolute Gasteiger partial charge is 0.137 e. The van der Waals surface area contributed by atoms with Gasteiger partial charge in [-0.1, -0.05) is 455 Å². The minimum atomic E-state index is 0.865. The van der Waals surface area contributed by atoms with Crippen LogP contribution in [0.15, 0.2) is 614 Å². The zero-order chi connectivity index (χ0) is 99.8. The second kappa shape index (κ2) is 41.4. The Balaban J connectivity index is 0.000000116. The van der Waals surface area contributed by atoms with Crippen molar-refractivity contribution in [2.45, 2.75) is 0 Å². The molecule has 0 aliphatic rings. The van der Waals surface area contributed by atoms with Crippen LogP contribution in [0.1, 0.15) is 0 Å². The van der Waals surface area contributed by atoms with Gasteiger partial charge in [0.25, 0.3) is 0 Å². The summed E-state index contributed by atoms with van der Waals surface area (Å²) in [6.45, 7) is 0. The molecular weight excluding hydrogens is 1820 g/mol. The molecule has 3 aromatic heterocycles. The highest BCUT2D eigenvalue weighted by atomic mass is 16.3. The van der Waals surface area contributed by atoms with Crippen LogP contribution in [0.2, 0.25) is 0 Å². The van der Waals surface area contributed by atoms with Crippen LogP contribution in [0, 0.1) is 0 Å². The van der Waals surface area contributed by atoms with Crippen LogP contribution in [0.5, 0.6) is 0 Å². The lowest BCUT2D eigenvalue weighted by Gasteiger charge is -2.28. The van der Waals surface area contributed by atoms with Gasteiger partial charge >= 0.3 is 0 Å². The van der Waals surface area contributed by atoms with E-state index in [2.05, 4.69) is 579 Å². The number of hydrogen-bond donors (Lipinski definition) is 0. The van der Waals surface area contributed by atoms with E-state index in [4.69, 9.17) is 13.3 Å². The molecule has 0 amide bonds. The summed E-state index contributed by atoms with van der Waals surface area (Å²) in [6, 6.07) is 213. The highest BCUT2D eigenvalue weighted by Crippen LogP contribution is 2.51. The van der Waals surface area contributed by atoms with Gasteiger partial charge in [-0.2, -0.15) is 0 Å². The molecule has 708 valence electrons. The molecule has 0 saturated carbocycles.